The quantitative estimate of drug-likeness (QED) is 0.103. The zero-order valence-corrected chi connectivity index (χ0v) is 18.8. The van der Waals surface area contributed by atoms with Gasteiger partial charge in [-0.2, -0.15) is 0 Å². The third kappa shape index (κ3) is 15.5. The first kappa shape index (κ1) is 27.6. The molecule has 0 saturated heterocycles. The number of rotatable bonds is 19. The fourth-order valence-corrected chi connectivity index (χ4v) is 2.94. The number of allylic oxidation sites excluding steroid dienone is 5. The fourth-order valence-electron chi connectivity index (χ4n) is 2.94. The Balaban J connectivity index is 3.98. The molecule has 0 bridgehead atoms. The van der Waals surface area contributed by atoms with Crippen LogP contribution in [0.15, 0.2) is 60.9 Å². The zero-order valence-electron chi connectivity index (χ0n) is 18.8. The first-order valence-corrected chi connectivity index (χ1v) is 11.1. The average molecular weight is 417 g/mol. The molecule has 0 radical (unpaired) electrons. The molecule has 0 aromatic carbocycles. The van der Waals surface area contributed by atoms with Crippen molar-refractivity contribution in [3.63, 3.8) is 0 Å². The predicted octanol–water partition coefficient (Wildman–Crippen LogP) is 7.44. The number of aliphatic carboxylic acids is 1. The minimum Gasteiger partial charge on any atom is -0.481 e. The summed E-state index contributed by atoms with van der Waals surface area (Å²) in [5.41, 5.74) is 2.44. The Kier molecular flexibility index (Phi) is 16.1. The van der Waals surface area contributed by atoms with E-state index < -0.39 is 11.9 Å². The molecular formula is C26H40O4. The summed E-state index contributed by atoms with van der Waals surface area (Å²) >= 11 is 0. The molecule has 0 aromatic rings. The van der Waals surface area contributed by atoms with Crippen molar-refractivity contribution in [3.05, 3.63) is 60.9 Å². The van der Waals surface area contributed by atoms with Crippen molar-refractivity contribution in [1.82, 2.24) is 0 Å². The Labute approximate surface area is 183 Å². The van der Waals surface area contributed by atoms with Gasteiger partial charge in [0.05, 0.1) is 12.8 Å². The van der Waals surface area contributed by atoms with E-state index in [4.69, 9.17) is 9.84 Å². The van der Waals surface area contributed by atoms with E-state index in [2.05, 4.69) is 33.2 Å². The van der Waals surface area contributed by atoms with Crippen LogP contribution in [0.25, 0.3) is 0 Å². The van der Waals surface area contributed by atoms with E-state index in [9.17, 15) is 9.59 Å². The van der Waals surface area contributed by atoms with E-state index >= 15 is 0 Å². The molecule has 0 aliphatic carbocycles. The molecule has 1 N–H and O–H groups in total. The normalized spacial score (nSPS) is 10.7. The Morgan fingerprint density at radius 2 is 1.30 bits per heavy atom. The molecule has 0 fully saturated rings. The third-order valence-corrected chi connectivity index (χ3v) is 4.90. The third-order valence-electron chi connectivity index (χ3n) is 4.90. The maximum atomic E-state index is 11.5. The van der Waals surface area contributed by atoms with Crippen LogP contribution in [0.3, 0.4) is 0 Å². The number of esters is 1. The SMILES string of the molecule is C=C(C=CC(=C)C(=C)C(=C)CCCCCCCCCCCC)OC(=O)CCC(=O)O. The minimum absolute atomic E-state index is 0.139. The summed E-state index contributed by atoms with van der Waals surface area (Å²) in [5.74, 6) is -1.53. The molecule has 168 valence electrons. The molecule has 0 spiro atoms. The second-order valence-corrected chi connectivity index (χ2v) is 7.71. The Bertz CT molecular complexity index is 625. The molecule has 4 heteroatoms. The van der Waals surface area contributed by atoms with Gasteiger partial charge in [0, 0.05) is 0 Å². The molecule has 0 saturated carbocycles. The van der Waals surface area contributed by atoms with Crippen molar-refractivity contribution in [2.75, 3.05) is 0 Å². The summed E-state index contributed by atoms with van der Waals surface area (Å²) in [6, 6.07) is 0. The Morgan fingerprint density at radius 3 is 1.83 bits per heavy atom. The molecule has 0 unspecified atom stereocenters. The highest BCUT2D eigenvalue weighted by Crippen LogP contribution is 2.22. The summed E-state index contributed by atoms with van der Waals surface area (Å²) in [7, 11) is 0. The molecule has 4 nitrogen and oxygen atoms in total. The Morgan fingerprint density at radius 1 is 0.767 bits per heavy atom. The maximum Gasteiger partial charge on any atom is 0.311 e. The van der Waals surface area contributed by atoms with Gasteiger partial charge in [-0.1, -0.05) is 97.1 Å². The van der Waals surface area contributed by atoms with E-state index in [0.29, 0.717) is 5.57 Å². The van der Waals surface area contributed by atoms with Gasteiger partial charge in [-0.05, 0) is 35.6 Å². The molecule has 30 heavy (non-hydrogen) atoms. The van der Waals surface area contributed by atoms with Crippen LogP contribution in [0.2, 0.25) is 0 Å². The number of ether oxygens (including phenoxy) is 1. The van der Waals surface area contributed by atoms with Crippen LogP contribution in [0, 0.1) is 0 Å². The lowest BCUT2D eigenvalue weighted by Crippen LogP contribution is -2.06. The molecular weight excluding hydrogens is 376 g/mol. The van der Waals surface area contributed by atoms with Crippen LogP contribution < -0.4 is 0 Å². The largest absolute Gasteiger partial charge is 0.481 e. The zero-order chi connectivity index (χ0) is 22.8. The van der Waals surface area contributed by atoms with Gasteiger partial charge in [0.1, 0.15) is 5.76 Å². The maximum absolute atomic E-state index is 11.5. The highest BCUT2D eigenvalue weighted by Gasteiger charge is 2.08. The van der Waals surface area contributed by atoms with Gasteiger partial charge < -0.3 is 9.84 Å². The number of hydrogen-bond donors (Lipinski definition) is 1. The first-order chi connectivity index (χ1) is 14.3. The predicted molar refractivity (Wildman–Crippen MR) is 125 cm³/mol. The van der Waals surface area contributed by atoms with E-state index in [1.54, 1.807) is 6.08 Å². The first-order valence-electron chi connectivity index (χ1n) is 11.1. The number of carboxylic acids is 1. The van der Waals surface area contributed by atoms with Gasteiger partial charge in [0.2, 0.25) is 0 Å². The summed E-state index contributed by atoms with van der Waals surface area (Å²) < 4.78 is 4.95. The van der Waals surface area contributed by atoms with E-state index in [1.807, 2.05) is 0 Å². The van der Waals surface area contributed by atoms with E-state index in [1.165, 1.54) is 63.9 Å². The van der Waals surface area contributed by atoms with Gasteiger partial charge in [-0.25, -0.2) is 0 Å². The number of hydrogen-bond acceptors (Lipinski definition) is 3. The highest BCUT2D eigenvalue weighted by molar-refractivity contribution is 5.77. The second-order valence-electron chi connectivity index (χ2n) is 7.71. The van der Waals surface area contributed by atoms with Crippen LogP contribution in [0.4, 0.5) is 0 Å². The summed E-state index contributed by atoms with van der Waals surface area (Å²) in [6.45, 7) is 18.0. The minimum atomic E-state index is -1.04. The summed E-state index contributed by atoms with van der Waals surface area (Å²) in [4.78, 5) is 21.9. The van der Waals surface area contributed by atoms with Crippen LogP contribution >= 0.6 is 0 Å². The number of carbonyl (C=O) groups is 2. The second kappa shape index (κ2) is 17.5. The topological polar surface area (TPSA) is 63.6 Å². The molecule has 0 aliphatic heterocycles. The van der Waals surface area contributed by atoms with Gasteiger partial charge >= 0.3 is 11.9 Å². The van der Waals surface area contributed by atoms with Crippen LogP contribution in [-0.4, -0.2) is 17.0 Å². The van der Waals surface area contributed by atoms with Gasteiger partial charge in [0.25, 0.3) is 0 Å². The standard InChI is InChI=1S/C26H40O4/c1-6-7-8-9-10-11-12-13-14-15-16-21(2)24(5)22(3)17-18-23(4)30-26(29)20-19-25(27)28/h17-18H,2-16,19-20H2,1H3,(H,27,28). The molecule has 0 aromatic heterocycles. The fraction of sp³-hybridized carbons (Fsp3) is 0.538. The van der Waals surface area contributed by atoms with Crippen molar-refractivity contribution in [2.24, 2.45) is 0 Å². The van der Waals surface area contributed by atoms with Crippen LogP contribution in [0.1, 0.15) is 90.4 Å². The van der Waals surface area contributed by atoms with Crippen molar-refractivity contribution in [1.29, 1.82) is 0 Å². The van der Waals surface area contributed by atoms with Crippen LogP contribution in [0.5, 0.6) is 0 Å². The van der Waals surface area contributed by atoms with Gasteiger partial charge in [-0.3, -0.25) is 9.59 Å². The molecule has 0 heterocycles. The average Bonchev–Trinajstić information content (AvgIpc) is 2.71. The van der Waals surface area contributed by atoms with Crippen molar-refractivity contribution in [2.45, 2.75) is 90.4 Å². The Hall–Kier alpha value is -2.36. The van der Waals surface area contributed by atoms with Crippen molar-refractivity contribution < 1.29 is 19.4 Å². The highest BCUT2D eigenvalue weighted by atomic mass is 16.5. The smallest absolute Gasteiger partial charge is 0.311 e. The van der Waals surface area contributed by atoms with Crippen LogP contribution in [-0.2, 0) is 14.3 Å². The number of carbonyl (C=O) groups excluding carboxylic acids is 1. The summed E-state index contributed by atoms with van der Waals surface area (Å²) in [6.07, 6.45) is 16.6. The molecule has 0 atom stereocenters. The number of unbranched alkanes of at least 4 members (excludes halogenated alkanes) is 9. The van der Waals surface area contributed by atoms with E-state index in [-0.39, 0.29) is 18.6 Å². The van der Waals surface area contributed by atoms with Crippen molar-refractivity contribution in [3.8, 4) is 0 Å². The van der Waals surface area contributed by atoms with Gasteiger partial charge in [-0.15, -0.1) is 0 Å². The lowest BCUT2D eigenvalue weighted by atomic mass is 9.96. The lowest BCUT2D eigenvalue weighted by Gasteiger charge is -2.10. The molecule has 0 amide bonds. The molecule has 0 rings (SSSR count). The monoisotopic (exact) mass is 416 g/mol. The van der Waals surface area contributed by atoms with Crippen molar-refractivity contribution >= 4 is 11.9 Å². The molecule has 0 aliphatic rings. The number of carboxylic acid groups (broad SMARTS) is 1. The van der Waals surface area contributed by atoms with E-state index in [0.717, 1.165) is 24.0 Å². The lowest BCUT2D eigenvalue weighted by molar-refractivity contribution is -0.144. The summed E-state index contributed by atoms with van der Waals surface area (Å²) in [5, 5.41) is 8.56. The van der Waals surface area contributed by atoms with Gasteiger partial charge in [0.15, 0.2) is 0 Å².